The molecular weight excluding hydrogens is 374 g/mol. The van der Waals surface area contributed by atoms with Crippen molar-refractivity contribution in [3.05, 3.63) is 62.0 Å². The zero-order chi connectivity index (χ0) is 18.8. The molecule has 0 spiro atoms. The van der Waals surface area contributed by atoms with E-state index < -0.39 is 11.9 Å². The van der Waals surface area contributed by atoms with Gasteiger partial charge >= 0.3 is 5.97 Å². The van der Waals surface area contributed by atoms with Crippen molar-refractivity contribution in [2.45, 2.75) is 24.9 Å². The molecule has 1 atom stereocenters. The van der Waals surface area contributed by atoms with Crippen molar-refractivity contribution in [3.8, 4) is 0 Å². The predicted molar refractivity (Wildman–Crippen MR) is 103 cm³/mol. The second-order valence-electron chi connectivity index (χ2n) is 5.71. The van der Waals surface area contributed by atoms with Crippen LogP contribution in [0.5, 0.6) is 0 Å². The summed E-state index contributed by atoms with van der Waals surface area (Å²) in [7, 11) is 1.32. The number of thioether (sulfide) groups is 1. The Kier molecular flexibility index (Phi) is 5.38. The van der Waals surface area contributed by atoms with E-state index in [0.717, 1.165) is 11.3 Å². The number of carbonyl (C=O) groups excluding carboxylic acids is 1. The molecule has 26 heavy (non-hydrogen) atoms. The van der Waals surface area contributed by atoms with Crippen molar-refractivity contribution < 1.29 is 9.53 Å². The minimum Gasteiger partial charge on any atom is -0.466 e. The molecule has 0 fully saturated rings. The second kappa shape index (κ2) is 7.55. The van der Waals surface area contributed by atoms with Gasteiger partial charge in [-0.15, -0.1) is 0 Å². The van der Waals surface area contributed by atoms with Gasteiger partial charge < -0.3 is 15.0 Å². The Bertz CT molecular complexity index is 938. The zero-order valence-electron chi connectivity index (χ0n) is 14.6. The van der Waals surface area contributed by atoms with Crippen molar-refractivity contribution in [2.75, 3.05) is 18.2 Å². The number of rotatable bonds is 4. The number of fused-ring (bicyclic) bond motifs is 1. The van der Waals surface area contributed by atoms with Crippen molar-refractivity contribution in [3.63, 3.8) is 0 Å². The van der Waals surface area contributed by atoms with Crippen LogP contribution in [0.3, 0.4) is 0 Å². The van der Waals surface area contributed by atoms with Crippen LogP contribution in [-0.4, -0.2) is 28.8 Å². The van der Waals surface area contributed by atoms with Crippen LogP contribution in [0.25, 0.3) is 0 Å². The Balaban J connectivity index is 2.25. The minimum atomic E-state index is -0.590. The summed E-state index contributed by atoms with van der Waals surface area (Å²) in [4.78, 5) is 32.6. The van der Waals surface area contributed by atoms with Gasteiger partial charge in [-0.25, -0.2) is 9.78 Å². The van der Waals surface area contributed by atoms with Gasteiger partial charge in [0, 0.05) is 10.7 Å². The summed E-state index contributed by atoms with van der Waals surface area (Å²) in [6.07, 6.45) is 0. The van der Waals surface area contributed by atoms with E-state index in [0.29, 0.717) is 32.8 Å². The van der Waals surface area contributed by atoms with E-state index >= 15 is 0 Å². The summed E-state index contributed by atoms with van der Waals surface area (Å²) >= 11 is 7.44. The van der Waals surface area contributed by atoms with Gasteiger partial charge in [0.15, 0.2) is 5.16 Å². The lowest BCUT2D eigenvalue weighted by Gasteiger charge is -2.28. The number of allylic oxidation sites excluding steroid dienone is 1. The molecule has 136 valence electrons. The molecule has 2 N–H and O–H groups in total. The molecule has 0 saturated carbocycles. The molecule has 0 bridgehead atoms. The third-order valence-corrected chi connectivity index (χ3v) is 5.12. The van der Waals surface area contributed by atoms with Gasteiger partial charge in [0.2, 0.25) is 0 Å². The van der Waals surface area contributed by atoms with E-state index in [9.17, 15) is 9.59 Å². The number of anilines is 1. The van der Waals surface area contributed by atoms with Crippen molar-refractivity contribution in [2.24, 2.45) is 0 Å². The number of ether oxygens (including phenoxy) is 1. The summed E-state index contributed by atoms with van der Waals surface area (Å²) in [6.45, 7) is 3.75. The van der Waals surface area contributed by atoms with Gasteiger partial charge in [-0.2, -0.15) is 0 Å². The Morgan fingerprint density at radius 2 is 2.04 bits per heavy atom. The molecule has 0 amide bonds. The van der Waals surface area contributed by atoms with Crippen LogP contribution in [-0.2, 0) is 9.53 Å². The van der Waals surface area contributed by atoms with Gasteiger partial charge in [-0.05, 0) is 30.4 Å². The first-order valence-corrected chi connectivity index (χ1v) is 9.41. The highest BCUT2D eigenvalue weighted by Gasteiger charge is 2.36. The first kappa shape index (κ1) is 18.5. The Hall–Kier alpha value is -2.25. The number of aromatic amines is 1. The summed E-state index contributed by atoms with van der Waals surface area (Å²) in [5, 5.41) is 4.19. The van der Waals surface area contributed by atoms with Gasteiger partial charge in [-0.1, -0.05) is 42.4 Å². The number of nitrogens with zero attached hydrogens (tertiary/aromatic N) is 1. The van der Waals surface area contributed by atoms with E-state index in [-0.39, 0.29) is 5.56 Å². The Morgan fingerprint density at radius 1 is 1.35 bits per heavy atom. The number of benzene rings is 1. The number of hydrogen-bond acceptors (Lipinski definition) is 6. The molecule has 0 saturated heterocycles. The zero-order valence-corrected chi connectivity index (χ0v) is 16.1. The molecule has 2 heterocycles. The normalized spacial score (nSPS) is 16.1. The maximum absolute atomic E-state index is 12.8. The fraction of sp³-hybridized carbons (Fsp3) is 0.278. The molecule has 1 aliphatic heterocycles. The average Bonchev–Trinajstić information content (AvgIpc) is 2.61. The number of H-pyrrole nitrogens is 1. The van der Waals surface area contributed by atoms with Crippen LogP contribution in [0.1, 0.15) is 30.9 Å². The van der Waals surface area contributed by atoms with Crippen LogP contribution in [0.2, 0.25) is 5.02 Å². The van der Waals surface area contributed by atoms with E-state index in [4.69, 9.17) is 16.3 Å². The molecule has 0 aliphatic carbocycles. The molecule has 1 aromatic carbocycles. The van der Waals surface area contributed by atoms with Crippen molar-refractivity contribution in [1.82, 2.24) is 9.97 Å². The first-order valence-electron chi connectivity index (χ1n) is 8.04. The third-order valence-electron chi connectivity index (χ3n) is 4.11. The number of methoxy groups -OCH3 is 1. The largest absolute Gasteiger partial charge is 0.466 e. The van der Waals surface area contributed by atoms with Gasteiger partial charge in [0.05, 0.1) is 24.2 Å². The topological polar surface area (TPSA) is 84.1 Å². The SMILES string of the molecule is CCSc1nc2c(c(=O)[nH]1)[C@@H](c1ccc(Cl)cc1)C(C(=O)OC)=C(C)N2. The van der Waals surface area contributed by atoms with Crippen LogP contribution < -0.4 is 10.9 Å². The monoisotopic (exact) mass is 391 g/mol. The lowest BCUT2D eigenvalue weighted by molar-refractivity contribution is -0.136. The highest BCUT2D eigenvalue weighted by Crippen LogP contribution is 2.40. The van der Waals surface area contributed by atoms with Crippen LogP contribution in [0.15, 0.2) is 45.5 Å². The van der Waals surface area contributed by atoms with Gasteiger partial charge in [0.25, 0.3) is 5.56 Å². The number of nitrogens with one attached hydrogen (secondary N) is 2. The molecule has 8 heteroatoms. The fourth-order valence-corrected chi connectivity index (χ4v) is 3.73. The molecule has 0 radical (unpaired) electrons. The fourth-order valence-electron chi connectivity index (χ4n) is 3.01. The van der Waals surface area contributed by atoms with Crippen molar-refractivity contribution in [1.29, 1.82) is 0 Å². The number of hydrogen-bond donors (Lipinski definition) is 2. The molecular formula is C18H18ClN3O3S. The molecule has 6 nitrogen and oxygen atoms in total. The lowest BCUT2D eigenvalue weighted by Crippen LogP contribution is -2.30. The summed E-state index contributed by atoms with van der Waals surface area (Å²) in [6, 6.07) is 7.05. The Morgan fingerprint density at radius 3 is 2.65 bits per heavy atom. The quantitative estimate of drug-likeness (QED) is 0.471. The van der Waals surface area contributed by atoms with E-state index in [2.05, 4.69) is 15.3 Å². The highest BCUT2D eigenvalue weighted by molar-refractivity contribution is 7.99. The number of esters is 1. The maximum atomic E-state index is 12.8. The molecule has 1 aromatic heterocycles. The number of aromatic nitrogens is 2. The standard InChI is InChI=1S/C18H18ClN3O3S/c1-4-26-18-21-15-14(16(23)22-18)13(10-5-7-11(19)8-6-10)12(9(2)20-15)17(24)25-3/h5-8,13H,4H2,1-3H3,(H2,20,21,22,23)/t13-/m0/s1. The number of carbonyl (C=O) groups is 1. The van der Waals surface area contributed by atoms with Gasteiger partial charge in [-0.3, -0.25) is 4.79 Å². The molecule has 3 rings (SSSR count). The van der Waals surface area contributed by atoms with Crippen LogP contribution >= 0.6 is 23.4 Å². The predicted octanol–water partition coefficient (Wildman–Crippen LogP) is 3.54. The maximum Gasteiger partial charge on any atom is 0.336 e. The average molecular weight is 392 g/mol. The van der Waals surface area contributed by atoms with E-state index in [1.807, 2.05) is 6.92 Å². The summed E-state index contributed by atoms with van der Waals surface area (Å²) < 4.78 is 4.95. The van der Waals surface area contributed by atoms with Crippen LogP contribution in [0.4, 0.5) is 5.82 Å². The summed E-state index contributed by atoms with van der Waals surface area (Å²) in [5.74, 6) is 0.152. The highest BCUT2D eigenvalue weighted by atomic mass is 35.5. The van der Waals surface area contributed by atoms with Crippen LogP contribution in [0, 0.1) is 0 Å². The molecule has 2 aromatic rings. The van der Waals surface area contributed by atoms with Gasteiger partial charge in [0.1, 0.15) is 5.82 Å². The Labute approximate surface area is 160 Å². The van der Waals surface area contributed by atoms with E-state index in [1.165, 1.54) is 18.9 Å². The van der Waals surface area contributed by atoms with Crippen molar-refractivity contribution >= 4 is 35.1 Å². The lowest BCUT2D eigenvalue weighted by atomic mass is 9.82. The second-order valence-corrected chi connectivity index (χ2v) is 7.40. The summed E-state index contributed by atoms with van der Waals surface area (Å²) in [5.41, 5.74) is 1.85. The smallest absolute Gasteiger partial charge is 0.336 e. The third kappa shape index (κ3) is 3.37. The molecule has 1 aliphatic rings. The minimum absolute atomic E-state index is 0.285. The number of halogens is 1. The first-order chi connectivity index (χ1) is 12.5. The molecule has 0 unspecified atom stereocenters. The van der Waals surface area contributed by atoms with E-state index in [1.54, 1.807) is 31.2 Å².